The molecule has 3 aromatic rings. The van der Waals surface area contributed by atoms with Gasteiger partial charge in [0.05, 0.1) is 29.4 Å². The molecule has 2 amide bonds. The Labute approximate surface area is 184 Å². The molecule has 32 heavy (non-hydrogen) atoms. The molecule has 0 fully saturated rings. The third-order valence-electron chi connectivity index (χ3n) is 4.66. The van der Waals surface area contributed by atoms with Crippen LogP contribution in [0, 0.1) is 17.2 Å². The summed E-state index contributed by atoms with van der Waals surface area (Å²) in [7, 11) is 0. The summed E-state index contributed by atoms with van der Waals surface area (Å²) in [6, 6.07) is 7.47. The Morgan fingerprint density at radius 1 is 1.38 bits per heavy atom. The number of anilines is 1. The number of nitrogens with zero attached hydrogens (tertiary/aromatic N) is 4. The van der Waals surface area contributed by atoms with Gasteiger partial charge in [0.25, 0.3) is 5.91 Å². The standard InChI is InChI=1S/C22H23N7O3/c1-3-14(2)22(31)26-7-6-25-20-5-4-15(10-27-20)18-8-17(32-13-19(24)30)12-29-21(18)16(9-23)11-28-29/h3-5,8,10-12,14H,1,6-7,13H2,2H3,(H2,24,30)(H,25,27)(H,26,31). The highest BCUT2D eigenvalue weighted by atomic mass is 16.5. The van der Waals surface area contributed by atoms with Crippen LogP contribution in [0.1, 0.15) is 12.5 Å². The predicted octanol–water partition coefficient (Wildman–Crippen LogP) is 1.48. The summed E-state index contributed by atoms with van der Waals surface area (Å²) in [6.07, 6.45) is 6.28. The van der Waals surface area contributed by atoms with Gasteiger partial charge in [0.1, 0.15) is 17.6 Å². The van der Waals surface area contributed by atoms with Crippen molar-refractivity contribution in [1.82, 2.24) is 19.9 Å². The molecule has 0 saturated heterocycles. The highest BCUT2D eigenvalue weighted by molar-refractivity contribution is 5.85. The van der Waals surface area contributed by atoms with Crippen LogP contribution in [0.5, 0.6) is 5.75 Å². The van der Waals surface area contributed by atoms with Gasteiger partial charge < -0.3 is 21.1 Å². The van der Waals surface area contributed by atoms with Crippen LogP contribution in [0.2, 0.25) is 0 Å². The van der Waals surface area contributed by atoms with Crippen molar-refractivity contribution in [2.75, 3.05) is 25.0 Å². The second-order valence-electron chi connectivity index (χ2n) is 6.98. The Balaban J connectivity index is 1.77. The van der Waals surface area contributed by atoms with E-state index >= 15 is 0 Å². The smallest absolute Gasteiger partial charge is 0.255 e. The number of hydrogen-bond donors (Lipinski definition) is 3. The first kappa shape index (κ1) is 22.3. The normalized spacial score (nSPS) is 11.4. The minimum absolute atomic E-state index is 0.0818. The monoisotopic (exact) mass is 433 g/mol. The average Bonchev–Trinajstić information content (AvgIpc) is 3.22. The van der Waals surface area contributed by atoms with Crippen molar-refractivity contribution in [2.45, 2.75) is 6.92 Å². The van der Waals surface area contributed by atoms with E-state index in [1.165, 1.54) is 10.7 Å². The van der Waals surface area contributed by atoms with Crippen LogP contribution in [-0.4, -0.2) is 46.1 Å². The van der Waals surface area contributed by atoms with E-state index in [-0.39, 0.29) is 18.4 Å². The zero-order valence-electron chi connectivity index (χ0n) is 17.5. The van der Waals surface area contributed by atoms with Crippen molar-refractivity contribution in [2.24, 2.45) is 11.7 Å². The molecule has 3 aromatic heterocycles. The van der Waals surface area contributed by atoms with Crippen molar-refractivity contribution in [3.63, 3.8) is 0 Å². The van der Waals surface area contributed by atoms with Crippen LogP contribution in [0.15, 0.2) is 49.4 Å². The Bertz CT molecular complexity index is 1180. The highest BCUT2D eigenvalue weighted by Crippen LogP contribution is 2.30. The number of pyridine rings is 2. The van der Waals surface area contributed by atoms with Gasteiger partial charge in [-0.3, -0.25) is 9.59 Å². The van der Waals surface area contributed by atoms with Gasteiger partial charge in [0.15, 0.2) is 6.61 Å². The zero-order chi connectivity index (χ0) is 23.1. The van der Waals surface area contributed by atoms with Gasteiger partial charge in [-0.25, -0.2) is 9.50 Å². The fourth-order valence-corrected chi connectivity index (χ4v) is 2.93. The molecule has 0 aliphatic heterocycles. The molecule has 0 spiro atoms. The van der Waals surface area contributed by atoms with Gasteiger partial charge in [0.2, 0.25) is 5.91 Å². The molecule has 10 nitrogen and oxygen atoms in total. The Hall–Kier alpha value is -4.39. The SMILES string of the molecule is C=CC(C)C(=O)NCCNc1ccc(-c2cc(OCC(N)=O)cn3ncc(C#N)c23)cn1. The molecule has 0 radical (unpaired) electrons. The lowest BCUT2D eigenvalue weighted by Gasteiger charge is -2.11. The van der Waals surface area contributed by atoms with Gasteiger partial charge in [-0.05, 0) is 18.2 Å². The van der Waals surface area contributed by atoms with Gasteiger partial charge in [-0.15, -0.1) is 6.58 Å². The average molecular weight is 433 g/mol. The summed E-state index contributed by atoms with van der Waals surface area (Å²) in [6.45, 7) is 6.05. The van der Waals surface area contributed by atoms with E-state index in [1.54, 1.807) is 37.5 Å². The number of primary amides is 1. The number of hydrogen-bond acceptors (Lipinski definition) is 7. The van der Waals surface area contributed by atoms with E-state index in [1.807, 2.05) is 6.07 Å². The number of nitrogens with one attached hydrogen (secondary N) is 2. The van der Waals surface area contributed by atoms with Crippen LogP contribution in [0.4, 0.5) is 5.82 Å². The molecule has 0 bridgehead atoms. The minimum Gasteiger partial charge on any atom is -0.482 e. The van der Waals surface area contributed by atoms with E-state index < -0.39 is 5.91 Å². The van der Waals surface area contributed by atoms with Crippen LogP contribution < -0.4 is 21.1 Å². The van der Waals surface area contributed by atoms with E-state index in [9.17, 15) is 14.9 Å². The Kier molecular flexibility index (Phi) is 7.02. The number of nitriles is 1. The number of fused-ring (bicyclic) bond motifs is 1. The highest BCUT2D eigenvalue weighted by Gasteiger charge is 2.14. The van der Waals surface area contributed by atoms with E-state index in [4.69, 9.17) is 10.5 Å². The van der Waals surface area contributed by atoms with Crippen LogP contribution >= 0.6 is 0 Å². The number of carbonyl (C=O) groups excluding carboxylic acids is 2. The van der Waals surface area contributed by atoms with Gasteiger partial charge in [-0.2, -0.15) is 10.4 Å². The number of aromatic nitrogens is 3. The van der Waals surface area contributed by atoms with Crippen molar-refractivity contribution in [3.8, 4) is 22.9 Å². The maximum absolute atomic E-state index is 11.7. The zero-order valence-corrected chi connectivity index (χ0v) is 17.5. The van der Waals surface area contributed by atoms with Gasteiger partial charge in [0, 0.05) is 30.4 Å². The first-order valence-electron chi connectivity index (χ1n) is 9.86. The third-order valence-corrected chi connectivity index (χ3v) is 4.66. The lowest BCUT2D eigenvalue weighted by molar-refractivity contribution is -0.123. The fraction of sp³-hybridized carbons (Fsp3) is 0.227. The fourth-order valence-electron chi connectivity index (χ4n) is 2.93. The van der Waals surface area contributed by atoms with Crippen LogP contribution in [-0.2, 0) is 9.59 Å². The lowest BCUT2D eigenvalue weighted by Crippen LogP contribution is -2.32. The molecule has 1 atom stereocenters. The van der Waals surface area contributed by atoms with E-state index in [0.29, 0.717) is 41.3 Å². The molecule has 0 aliphatic rings. The lowest BCUT2D eigenvalue weighted by atomic mass is 10.1. The predicted molar refractivity (Wildman–Crippen MR) is 119 cm³/mol. The molecule has 4 N–H and O–H groups in total. The maximum atomic E-state index is 11.7. The van der Waals surface area contributed by atoms with Gasteiger partial charge >= 0.3 is 0 Å². The number of ether oxygens (including phenoxy) is 1. The number of nitrogens with two attached hydrogens (primary N) is 1. The Morgan fingerprint density at radius 2 is 2.19 bits per heavy atom. The summed E-state index contributed by atoms with van der Waals surface area (Å²) in [4.78, 5) is 27.2. The molecule has 10 heteroatoms. The summed E-state index contributed by atoms with van der Waals surface area (Å²) in [5, 5.41) is 19.6. The summed E-state index contributed by atoms with van der Waals surface area (Å²) in [5.74, 6) is 0.0871. The maximum Gasteiger partial charge on any atom is 0.255 e. The summed E-state index contributed by atoms with van der Waals surface area (Å²) in [5.41, 5.74) is 7.56. The second kappa shape index (κ2) is 10.1. The molecule has 0 aliphatic carbocycles. The van der Waals surface area contributed by atoms with Gasteiger partial charge in [-0.1, -0.05) is 13.0 Å². The first-order chi connectivity index (χ1) is 15.4. The number of rotatable bonds is 10. The molecule has 0 saturated carbocycles. The number of amides is 2. The van der Waals surface area contributed by atoms with Crippen molar-refractivity contribution in [1.29, 1.82) is 5.26 Å². The second-order valence-corrected chi connectivity index (χ2v) is 6.98. The summed E-state index contributed by atoms with van der Waals surface area (Å²) >= 11 is 0. The molecule has 1 unspecified atom stereocenters. The molecule has 3 rings (SSSR count). The van der Waals surface area contributed by atoms with Crippen LogP contribution in [0.3, 0.4) is 0 Å². The topological polar surface area (TPSA) is 147 Å². The third kappa shape index (κ3) is 5.20. The molecule has 3 heterocycles. The molecule has 0 aromatic carbocycles. The van der Waals surface area contributed by atoms with E-state index in [0.717, 1.165) is 5.56 Å². The van der Waals surface area contributed by atoms with Crippen molar-refractivity contribution >= 4 is 23.1 Å². The molecule has 164 valence electrons. The van der Waals surface area contributed by atoms with E-state index in [2.05, 4.69) is 33.4 Å². The first-order valence-corrected chi connectivity index (χ1v) is 9.86. The Morgan fingerprint density at radius 3 is 2.84 bits per heavy atom. The minimum atomic E-state index is -0.600. The molecular weight excluding hydrogens is 410 g/mol. The van der Waals surface area contributed by atoms with Crippen LogP contribution in [0.25, 0.3) is 16.6 Å². The number of carbonyl (C=O) groups is 2. The molecular formula is C22H23N7O3. The van der Waals surface area contributed by atoms with Crippen molar-refractivity contribution in [3.05, 3.63) is 55.0 Å². The summed E-state index contributed by atoms with van der Waals surface area (Å²) < 4.78 is 6.94. The van der Waals surface area contributed by atoms with Crippen molar-refractivity contribution < 1.29 is 14.3 Å². The quantitative estimate of drug-likeness (QED) is 0.324. The largest absolute Gasteiger partial charge is 0.482 e.